The number of aryl methyl sites for hydroxylation is 6. The normalized spacial score (nSPS) is 11.3. The van der Waals surface area contributed by atoms with Crippen molar-refractivity contribution in [3.63, 3.8) is 0 Å². The number of anilines is 3. The molecular weight excluding hydrogens is 727 g/mol. The predicted octanol–water partition coefficient (Wildman–Crippen LogP) is 12.5. The van der Waals surface area contributed by atoms with Crippen LogP contribution in [0.4, 0.5) is 17.1 Å². The summed E-state index contributed by atoms with van der Waals surface area (Å²) in [5.41, 5.74) is 23.6. The minimum absolute atomic E-state index is 0.675. The highest BCUT2D eigenvalue weighted by Crippen LogP contribution is 2.49. The zero-order valence-electron chi connectivity index (χ0n) is 37.3. The van der Waals surface area contributed by atoms with Crippen molar-refractivity contribution in [1.82, 2.24) is 29.9 Å². The van der Waals surface area contributed by atoms with Gasteiger partial charge in [-0.25, -0.2) is 29.9 Å². The number of ether oxygens (including phenoxy) is 1. The maximum absolute atomic E-state index is 5.63. The molecule has 0 atom stereocenters. The number of hydrogen-bond donors (Lipinski definition) is 0. The van der Waals surface area contributed by atoms with Gasteiger partial charge in [0.1, 0.15) is 18.4 Å². The van der Waals surface area contributed by atoms with Gasteiger partial charge < -0.3 is 9.64 Å². The van der Waals surface area contributed by atoms with E-state index in [0.717, 1.165) is 112 Å². The molecular formula is C51H55N7O. The van der Waals surface area contributed by atoms with Gasteiger partial charge in [-0.15, -0.1) is 0 Å². The van der Waals surface area contributed by atoms with Crippen LogP contribution in [-0.2, 0) is 0 Å². The Morgan fingerprint density at radius 2 is 0.695 bits per heavy atom. The van der Waals surface area contributed by atoms with Crippen LogP contribution in [0, 0.1) is 96.9 Å². The summed E-state index contributed by atoms with van der Waals surface area (Å²) in [7, 11) is 1.70. The molecule has 300 valence electrons. The van der Waals surface area contributed by atoms with E-state index in [0.29, 0.717) is 23.3 Å². The Bertz CT molecular complexity index is 2530. The molecule has 7 rings (SSSR count). The van der Waals surface area contributed by atoms with Gasteiger partial charge in [-0.05, 0) is 188 Å². The van der Waals surface area contributed by atoms with E-state index >= 15 is 0 Å². The molecule has 8 nitrogen and oxygen atoms in total. The summed E-state index contributed by atoms with van der Waals surface area (Å²) in [4.78, 5) is 31.6. The Labute approximate surface area is 349 Å². The molecule has 0 saturated carbocycles. The van der Waals surface area contributed by atoms with E-state index in [9.17, 15) is 0 Å². The number of benzene rings is 5. The molecule has 2 aromatic heterocycles. The molecule has 0 N–H and O–H groups in total. The molecule has 0 spiro atoms. The van der Waals surface area contributed by atoms with Crippen molar-refractivity contribution in [2.75, 3.05) is 12.0 Å². The monoisotopic (exact) mass is 781 g/mol. The lowest BCUT2D eigenvalue weighted by Gasteiger charge is -2.35. The highest BCUT2D eigenvalue weighted by molar-refractivity contribution is 5.90. The van der Waals surface area contributed by atoms with E-state index in [2.05, 4.69) is 148 Å². The maximum atomic E-state index is 5.63. The van der Waals surface area contributed by atoms with Crippen LogP contribution in [-0.4, -0.2) is 37.0 Å². The fourth-order valence-electron chi connectivity index (χ4n) is 9.17. The number of rotatable bonds is 8. The van der Waals surface area contributed by atoms with E-state index < -0.39 is 0 Å². The van der Waals surface area contributed by atoms with Crippen molar-refractivity contribution >= 4 is 17.1 Å². The third-order valence-corrected chi connectivity index (χ3v) is 12.3. The van der Waals surface area contributed by atoms with E-state index in [-0.39, 0.29) is 0 Å². The number of aromatic nitrogens is 6. The van der Waals surface area contributed by atoms with Gasteiger partial charge in [0.05, 0.1) is 18.5 Å². The fraction of sp³-hybridized carbons (Fsp3) is 0.294. The largest absolute Gasteiger partial charge is 0.497 e. The van der Waals surface area contributed by atoms with Gasteiger partial charge in [0.25, 0.3) is 0 Å². The average Bonchev–Trinajstić information content (AvgIpc) is 3.19. The van der Waals surface area contributed by atoms with Crippen molar-refractivity contribution < 1.29 is 4.74 Å². The summed E-state index contributed by atoms with van der Waals surface area (Å²) in [6.07, 6.45) is 3.30. The Hall–Kier alpha value is -6.28. The van der Waals surface area contributed by atoms with Crippen molar-refractivity contribution in [2.24, 2.45) is 0 Å². The lowest BCUT2D eigenvalue weighted by atomic mass is 9.87. The summed E-state index contributed by atoms with van der Waals surface area (Å²) in [5.74, 6) is 3.53. The zero-order chi connectivity index (χ0) is 42.6. The lowest BCUT2D eigenvalue weighted by Crippen LogP contribution is -2.19. The van der Waals surface area contributed by atoms with Crippen LogP contribution < -0.4 is 9.64 Å². The first kappa shape index (κ1) is 40.9. The quantitative estimate of drug-likeness (QED) is 0.151. The molecule has 2 heterocycles. The van der Waals surface area contributed by atoms with Gasteiger partial charge in [-0.1, -0.05) is 35.4 Å². The van der Waals surface area contributed by atoms with Crippen molar-refractivity contribution in [1.29, 1.82) is 0 Å². The Balaban J connectivity index is 1.43. The van der Waals surface area contributed by atoms with Crippen LogP contribution in [0.1, 0.15) is 77.9 Å². The first-order chi connectivity index (χ1) is 28.0. The van der Waals surface area contributed by atoms with Gasteiger partial charge in [0, 0.05) is 27.9 Å². The van der Waals surface area contributed by atoms with Crippen LogP contribution in [0.3, 0.4) is 0 Å². The van der Waals surface area contributed by atoms with Gasteiger partial charge >= 0.3 is 0 Å². The van der Waals surface area contributed by atoms with Gasteiger partial charge in [0.2, 0.25) is 0 Å². The molecule has 0 unspecified atom stereocenters. The molecule has 0 saturated heterocycles. The Kier molecular flexibility index (Phi) is 11.0. The van der Waals surface area contributed by atoms with E-state index in [4.69, 9.17) is 24.7 Å². The summed E-state index contributed by atoms with van der Waals surface area (Å²) >= 11 is 0. The molecule has 0 bridgehead atoms. The minimum Gasteiger partial charge on any atom is -0.497 e. The minimum atomic E-state index is 0.675. The molecule has 0 radical (unpaired) electrons. The summed E-state index contributed by atoms with van der Waals surface area (Å²) in [6.45, 7) is 30.4. The third kappa shape index (κ3) is 7.15. The van der Waals surface area contributed by atoms with E-state index in [1.54, 1.807) is 19.8 Å². The van der Waals surface area contributed by atoms with Crippen LogP contribution in [0.5, 0.6) is 5.75 Å². The SMILES string of the molecule is COc1ccc(N(c2c(C)c(C)c(-c3ncnc(-c4c(C)cc(C)cc4C)n3)c(C)c2C)c2c(C)c(C)c(-c3ncnc(-c4c(C)cc(C)cc4C)n3)c(C)c2C)cc1. The second-order valence-electron chi connectivity index (χ2n) is 16.3. The van der Waals surface area contributed by atoms with Crippen molar-refractivity contribution in [3.05, 3.63) is 139 Å². The van der Waals surface area contributed by atoms with Crippen molar-refractivity contribution in [2.45, 2.75) is 96.9 Å². The van der Waals surface area contributed by atoms with Gasteiger partial charge in [0.15, 0.2) is 23.3 Å². The molecule has 0 fully saturated rings. The molecule has 0 aliphatic rings. The first-order valence-electron chi connectivity index (χ1n) is 20.2. The molecule has 8 heteroatoms. The maximum Gasteiger partial charge on any atom is 0.163 e. The zero-order valence-corrected chi connectivity index (χ0v) is 37.3. The van der Waals surface area contributed by atoms with Crippen LogP contribution >= 0.6 is 0 Å². The summed E-state index contributed by atoms with van der Waals surface area (Å²) in [6, 6.07) is 17.1. The Morgan fingerprint density at radius 3 is 1.00 bits per heavy atom. The smallest absolute Gasteiger partial charge is 0.163 e. The topological polar surface area (TPSA) is 89.8 Å². The second-order valence-corrected chi connectivity index (χ2v) is 16.3. The average molecular weight is 782 g/mol. The number of methoxy groups -OCH3 is 1. The van der Waals surface area contributed by atoms with Crippen LogP contribution in [0.15, 0.2) is 61.2 Å². The first-order valence-corrected chi connectivity index (χ1v) is 20.2. The lowest BCUT2D eigenvalue weighted by molar-refractivity contribution is 0.415. The summed E-state index contributed by atoms with van der Waals surface area (Å²) < 4.78 is 5.63. The molecule has 5 aromatic carbocycles. The van der Waals surface area contributed by atoms with Gasteiger partial charge in [-0.3, -0.25) is 0 Å². The number of nitrogens with zero attached hydrogens (tertiary/aromatic N) is 7. The highest BCUT2D eigenvalue weighted by atomic mass is 16.5. The second kappa shape index (κ2) is 15.8. The molecule has 0 amide bonds. The molecule has 0 aliphatic carbocycles. The third-order valence-electron chi connectivity index (χ3n) is 12.3. The van der Waals surface area contributed by atoms with E-state index in [1.165, 1.54) is 11.1 Å². The predicted molar refractivity (Wildman–Crippen MR) is 243 cm³/mol. The molecule has 7 aromatic rings. The molecule has 0 aliphatic heterocycles. The van der Waals surface area contributed by atoms with E-state index in [1.807, 2.05) is 12.1 Å². The summed E-state index contributed by atoms with van der Waals surface area (Å²) in [5, 5.41) is 0. The van der Waals surface area contributed by atoms with Crippen LogP contribution in [0.25, 0.3) is 45.6 Å². The van der Waals surface area contributed by atoms with Gasteiger partial charge in [-0.2, -0.15) is 0 Å². The highest BCUT2D eigenvalue weighted by Gasteiger charge is 2.29. The molecule has 59 heavy (non-hydrogen) atoms. The standard InChI is InChI=1S/C51H55N7O/c1-26-20-28(3)42(29(4)21-26)48-52-24-54-50(56-48)44-32(7)36(11)46(37(12)33(44)8)58(40-16-18-41(59-15)19-17-40)47-38(13)34(9)45(35(10)39(47)14)51-55-25-53-49(57-51)43-30(5)22-27(2)23-31(43)6/h16-25H,1-15H3. The van der Waals surface area contributed by atoms with Crippen LogP contribution in [0.2, 0.25) is 0 Å². The fourth-order valence-corrected chi connectivity index (χ4v) is 9.17. The van der Waals surface area contributed by atoms with Crippen molar-refractivity contribution in [3.8, 4) is 51.3 Å². The Morgan fingerprint density at radius 1 is 0.390 bits per heavy atom. The number of hydrogen-bond acceptors (Lipinski definition) is 8.